The summed E-state index contributed by atoms with van der Waals surface area (Å²) in [7, 11) is 1.73. The lowest BCUT2D eigenvalue weighted by Crippen LogP contribution is -2.39. The number of nitrogens with zero attached hydrogens (tertiary/aromatic N) is 1. The summed E-state index contributed by atoms with van der Waals surface area (Å²) in [6.07, 6.45) is 2.05. The van der Waals surface area contributed by atoms with Gasteiger partial charge in [0.25, 0.3) is 5.91 Å². The largest absolute Gasteiger partial charge is 0.466 e. The molecule has 0 N–H and O–H groups in total. The molecule has 4 nitrogen and oxygen atoms in total. The van der Waals surface area contributed by atoms with E-state index in [2.05, 4.69) is 0 Å². The van der Waals surface area contributed by atoms with Crippen LogP contribution in [0.1, 0.15) is 34.7 Å². The summed E-state index contributed by atoms with van der Waals surface area (Å²) in [5.74, 6) is 2.20. The quantitative estimate of drug-likeness (QED) is 0.828. The van der Waals surface area contributed by atoms with Crippen LogP contribution in [-0.4, -0.2) is 37.6 Å². The van der Waals surface area contributed by atoms with Crippen molar-refractivity contribution in [2.75, 3.05) is 26.8 Å². The van der Waals surface area contributed by atoms with E-state index in [1.165, 1.54) is 0 Å². The van der Waals surface area contributed by atoms with Crippen molar-refractivity contribution in [3.05, 3.63) is 23.2 Å². The number of ether oxygens (including phenoxy) is 1. The van der Waals surface area contributed by atoms with Gasteiger partial charge in [0.15, 0.2) is 0 Å². The number of furan rings is 1. The average molecular weight is 251 g/mol. The van der Waals surface area contributed by atoms with Gasteiger partial charge in [-0.25, -0.2) is 0 Å². The van der Waals surface area contributed by atoms with E-state index >= 15 is 0 Å². The summed E-state index contributed by atoms with van der Waals surface area (Å²) in [5.41, 5.74) is 0.706. The van der Waals surface area contributed by atoms with Gasteiger partial charge in [0.05, 0.1) is 5.56 Å². The third kappa shape index (κ3) is 2.75. The van der Waals surface area contributed by atoms with Gasteiger partial charge in [0, 0.05) is 26.8 Å². The first-order chi connectivity index (χ1) is 8.61. The minimum atomic E-state index is 0.0974. The molecule has 0 aromatic carbocycles. The second-order valence-electron chi connectivity index (χ2n) is 5.02. The van der Waals surface area contributed by atoms with Crippen LogP contribution in [0.5, 0.6) is 0 Å². The molecule has 1 saturated heterocycles. The summed E-state index contributed by atoms with van der Waals surface area (Å²) < 4.78 is 10.6. The fourth-order valence-corrected chi connectivity index (χ4v) is 2.55. The second-order valence-corrected chi connectivity index (χ2v) is 5.02. The van der Waals surface area contributed by atoms with E-state index in [1.807, 2.05) is 24.8 Å². The highest BCUT2D eigenvalue weighted by atomic mass is 16.5. The lowest BCUT2D eigenvalue weighted by Gasteiger charge is -2.31. The molecule has 1 aromatic heterocycles. The van der Waals surface area contributed by atoms with Crippen LogP contribution in [-0.2, 0) is 4.74 Å². The van der Waals surface area contributed by atoms with E-state index in [-0.39, 0.29) is 5.91 Å². The maximum Gasteiger partial charge on any atom is 0.257 e. The lowest BCUT2D eigenvalue weighted by molar-refractivity contribution is 0.0612. The Bertz CT molecular complexity index is 417. The Balaban J connectivity index is 1.97. The number of aryl methyl sites for hydroxylation is 2. The van der Waals surface area contributed by atoms with Gasteiger partial charge in [-0.2, -0.15) is 0 Å². The van der Waals surface area contributed by atoms with Crippen molar-refractivity contribution < 1.29 is 13.9 Å². The Morgan fingerprint density at radius 3 is 2.61 bits per heavy atom. The van der Waals surface area contributed by atoms with Crippen LogP contribution >= 0.6 is 0 Å². The number of carbonyl (C=O) groups is 1. The fourth-order valence-electron chi connectivity index (χ4n) is 2.55. The summed E-state index contributed by atoms with van der Waals surface area (Å²) >= 11 is 0. The van der Waals surface area contributed by atoms with Crippen molar-refractivity contribution >= 4 is 5.91 Å². The van der Waals surface area contributed by atoms with Crippen LogP contribution in [0.15, 0.2) is 10.5 Å². The van der Waals surface area contributed by atoms with Crippen LogP contribution in [0, 0.1) is 19.8 Å². The molecule has 1 amide bonds. The highest BCUT2D eigenvalue weighted by Crippen LogP contribution is 2.21. The molecule has 4 heteroatoms. The van der Waals surface area contributed by atoms with Gasteiger partial charge < -0.3 is 14.1 Å². The summed E-state index contributed by atoms with van der Waals surface area (Å²) in [4.78, 5) is 14.3. The fraction of sp³-hybridized carbons (Fsp3) is 0.643. The van der Waals surface area contributed by atoms with E-state index in [0.29, 0.717) is 11.5 Å². The van der Waals surface area contributed by atoms with E-state index in [4.69, 9.17) is 9.15 Å². The standard InChI is InChI=1S/C14H21NO3/c1-10-8-13(11(2)18-10)14(16)15-6-4-12(5-7-15)9-17-3/h8,12H,4-7,9H2,1-3H3. The van der Waals surface area contributed by atoms with Crippen LogP contribution in [0.25, 0.3) is 0 Å². The smallest absolute Gasteiger partial charge is 0.257 e. The van der Waals surface area contributed by atoms with Crippen molar-refractivity contribution in [3.8, 4) is 0 Å². The molecule has 0 bridgehead atoms. The molecule has 1 fully saturated rings. The molecule has 2 heterocycles. The Morgan fingerprint density at radius 2 is 2.11 bits per heavy atom. The number of methoxy groups -OCH3 is 1. The number of likely N-dealkylation sites (tertiary alicyclic amines) is 1. The molecule has 0 atom stereocenters. The molecule has 1 aromatic rings. The van der Waals surface area contributed by atoms with Gasteiger partial charge in [0.2, 0.25) is 0 Å². The molecule has 0 radical (unpaired) electrons. The first-order valence-corrected chi connectivity index (χ1v) is 6.47. The maximum absolute atomic E-state index is 12.3. The predicted molar refractivity (Wildman–Crippen MR) is 68.7 cm³/mol. The summed E-state index contributed by atoms with van der Waals surface area (Å²) in [6, 6.07) is 1.83. The van der Waals surface area contributed by atoms with Gasteiger partial charge in [-0.1, -0.05) is 0 Å². The van der Waals surface area contributed by atoms with E-state index in [0.717, 1.165) is 44.1 Å². The van der Waals surface area contributed by atoms with E-state index in [1.54, 1.807) is 7.11 Å². The van der Waals surface area contributed by atoms with Crippen molar-refractivity contribution in [1.82, 2.24) is 4.90 Å². The van der Waals surface area contributed by atoms with Crippen LogP contribution in [0.2, 0.25) is 0 Å². The zero-order valence-corrected chi connectivity index (χ0v) is 11.4. The van der Waals surface area contributed by atoms with Gasteiger partial charge >= 0.3 is 0 Å². The topological polar surface area (TPSA) is 42.7 Å². The maximum atomic E-state index is 12.3. The minimum absolute atomic E-state index is 0.0974. The normalized spacial score (nSPS) is 17.2. The zero-order valence-electron chi connectivity index (χ0n) is 11.4. The summed E-state index contributed by atoms with van der Waals surface area (Å²) in [6.45, 7) is 6.14. The third-order valence-corrected chi connectivity index (χ3v) is 3.58. The van der Waals surface area contributed by atoms with Gasteiger partial charge in [-0.05, 0) is 38.7 Å². The number of hydrogen-bond acceptors (Lipinski definition) is 3. The molecule has 100 valence electrons. The van der Waals surface area contributed by atoms with E-state index < -0.39 is 0 Å². The first kappa shape index (κ1) is 13.1. The summed E-state index contributed by atoms with van der Waals surface area (Å²) in [5, 5.41) is 0. The first-order valence-electron chi connectivity index (χ1n) is 6.47. The third-order valence-electron chi connectivity index (χ3n) is 3.58. The van der Waals surface area contributed by atoms with Crippen LogP contribution in [0.4, 0.5) is 0 Å². The average Bonchev–Trinajstić information content (AvgIpc) is 2.69. The molecule has 1 aliphatic rings. The monoisotopic (exact) mass is 251 g/mol. The Labute approximate surface area is 108 Å². The molecule has 2 rings (SSSR count). The number of hydrogen-bond donors (Lipinski definition) is 0. The van der Waals surface area contributed by atoms with Crippen molar-refractivity contribution in [2.24, 2.45) is 5.92 Å². The Morgan fingerprint density at radius 1 is 1.44 bits per heavy atom. The molecule has 18 heavy (non-hydrogen) atoms. The van der Waals surface area contributed by atoms with Gasteiger partial charge in [-0.3, -0.25) is 4.79 Å². The Kier molecular flexibility index (Phi) is 4.07. The van der Waals surface area contributed by atoms with E-state index in [9.17, 15) is 4.79 Å². The molecular weight excluding hydrogens is 230 g/mol. The van der Waals surface area contributed by atoms with Crippen molar-refractivity contribution in [3.63, 3.8) is 0 Å². The highest BCUT2D eigenvalue weighted by Gasteiger charge is 2.25. The highest BCUT2D eigenvalue weighted by molar-refractivity contribution is 5.95. The molecule has 0 saturated carbocycles. The van der Waals surface area contributed by atoms with Gasteiger partial charge in [0.1, 0.15) is 11.5 Å². The Hall–Kier alpha value is -1.29. The molecule has 0 aliphatic carbocycles. The number of rotatable bonds is 3. The molecule has 0 unspecified atom stereocenters. The predicted octanol–water partition coefficient (Wildman–Crippen LogP) is 2.40. The number of carbonyl (C=O) groups excluding carboxylic acids is 1. The SMILES string of the molecule is COCC1CCN(C(=O)c2cc(C)oc2C)CC1. The van der Waals surface area contributed by atoms with Crippen LogP contribution < -0.4 is 0 Å². The van der Waals surface area contributed by atoms with Gasteiger partial charge in [-0.15, -0.1) is 0 Å². The zero-order chi connectivity index (χ0) is 13.1. The number of amides is 1. The minimum Gasteiger partial charge on any atom is -0.466 e. The molecule has 1 aliphatic heterocycles. The molecular formula is C14H21NO3. The van der Waals surface area contributed by atoms with Crippen LogP contribution in [0.3, 0.4) is 0 Å². The number of piperidine rings is 1. The molecule has 0 spiro atoms. The van der Waals surface area contributed by atoms with Crippen molar-refractivity contribution in [1.29, 1.82) is 0 Å². The lowest BCUT2D eigenvalue weighted by atomic mass is 9.97. The second kappa shape index (κ2) is 5.57. The van der Waals surface area contributed by atoms with Crippen molar-refractivity contribution in [2.45, 2.75) is 26.7 Å².